The second-order valence-corrected chi connectivity index (χ2v) is 7.73. The van der Waals surface area contributed by atoms with Crippen LogP contribution in [-0.2, 0) is 9.59 Å². The van der Waals surface area contributed by atoms with Crippen molar-refractivity contribution in [3.8, 4) is 0 Å². The monoisotopic (exact) mass is 356 g/mol. The minimum absolute atomic E-state index is 0.0203. The molecule has 6 heteroatoms. The maximum Gasteiger partial charge on any atom is 0.310 e. The van der Waals surface area contributed by atoms with Crippen LogP contribution in [-0.4, -0.2) is 22.0 Å². The number of aromatic nitrogens is 1. The van der Waals surface area contributed by atoms with Gasteiger partial charge in [-0.2, -0.15) is 0 Å². The molecule has 6 nitrogen and oxygen atoms in total. The number of oxazole rings is 1. The third-order valence-electron chi connectivity index (χ3n) is 5.63. The van der Waals surface area contributed by atoms with Crippen molar-refractivity contribution in [1.29, 1.82) is 0 Å². The van der Waals surface area contributed by atoms with E-state index in [-0.39, 0.29) is 12.3 Å². The van der Waals surface area contributed by atoms with E-state index >= 15 is 0 Å². The lowest BCUT2D eigenvalue weighted by atomic mass is 9.77. The summed E-state index contributed by atoms with van der Waals surface area (Å²) in [5, 5.41) is 12.6. The van der Waals surface area contributed by atoms with E-state index in [0.717, 1.165) is 55.5 Å². The van der Waals surface area contributed by atoms with E-state index in [0.29, 0.717) is 24.4 Å². The molecule has 2 aliphatic carbocycles. The van der Waals surface area contributed by atoms with Crippen molar-refractivity contribution in [2.45, 2.75) is 63.7 Å². The van der Waals surface area contributed by atoms with Crippen LogP contribution >= 0.6 is 0 Å². The second kappa shape index (κ2) is 6.74. The van der Waals surface area contributed by atoms with Gasteiger partial charge in [-0.1, -0.05) is 25.7 Å². The number of hydrogen-bond acceptors (Lipinski definition) is 4. The van der Waals surface area contributed by atoms with Crippen molar-refractivity contribution >= 4 is 28.7 Å². The highest BCUT2D eigenvalue weighted by Crippen LogP contribution is 2.41. The molecule has 138 valence electrons. The van der Waals surface area contributed by atoms with Gasteiger partial charge in [0.05, 0.1) is 5.41 Å². The number of fused-ring (bicyclic) bond motifs is 1. The molecular formula is C20H24N2O4. The van der Waals surface area contributed by atoms with E-state index in [4.69, 9.17) is 4.42 Å². The molecule has 2 N–H and O–H groups in total. The molecule has 1 aromatic carbocycles. The number of carbonyl (C=O) groups is 2. The van der Waals surface area contributed by atoms with Crippen LogP contribution in [0.1, 0.15) is 69.6 Å². The Morgan fingerprint density at radius 3 is 2.58 bits per heavy atom. The maximum atomic E-state index is 12.5. The van der Waals surface area contributed by atoms with Crippen molar-refractivity contribution < 1.29 is 19.1 Å². The number of rotatable bonds is 5. The van der Waals surface area contributed by atoms with Crippen LogP contribution in [0.15, 0.2) is 22.6 Å². The minimum atomic E-state index is -0.933. The lowest BCUT2D eigenvalue weighted by molar-refractivity contribution is -0.152. The summed E-state index contributed by atoms with van der Waals surface area (Å²) in [5.41, 5.74) is 1.15. The molecule has 0 aliphatic heterocycles. The number of carboxylic acid groups (broad SMARTS) is 1. The SMILES string of the molecule is O=C(CC1(C(=O)O)CCCCCC1)Nc1ccc2oc(C3CC3)nc2c1. The van der Waals surface area contributed by atoms with Crippen molar-refractivity contribution in [2.75, 3.05) is 5.32 Å². The molecule has 1 heterocycles. The Bertz CT molecular complexity index is 829. The first kappa shape index (κ1) is 17.1. The van der Waals surface area contributed by atoms with Gasteiger partial charge in [0, 0.05) is 18.0 Å². The first-order valence-electron chi connectivity index (χ1n) is 9.49. The molecule has 2 fully saturated rings. The van der Waals surface area contributed by atoms with Gasteiger partial charge in [0.1, 0.15) is 5.52 Å². The molecule has 4 rings (SSSR count). The zero-order valence-corrected chi connectivity index (χ0v) is 14.8. The number of aliphatic carboxylic acids is 1. The number of amides is 1. The van der Waals surface area contributed by atoms with Crippen molar-refractivity contribution in [1.82, 2.24) is 4.98 Å². The number of benzene rings is 1. The van der Waals surface area contributed by atoms with Gasteiger partial charge in [-0.3, -0.25) is 9.59 Å². The molecule has 2 aliphatic rings. The summed E-state index contributed by atoms with van der Waals surface area (Å²) in [4.78, 5) is 28.9. The molecule has 1 aromatic heterocycles. The summed E-state index contributed by atoms with van der Waals surface area (Å²) in [6, 6.07) is 5.38. The van der Waals surface area contributed by atoms with Crippen LogP contribution in [0.2, 0.25) is 0 Å². The number of carbonyl (C=O) groups excluding carboxylic acids is 1. The Labute approximate surface area is 152 Å². The zero-order valence-electron chi connectivity index (χ0n) is 14.8. The minimum Gasteiger partial charge on any atom is -0.481 e. The summed E-state index contributed by atoms with van der Waals surface area (Å²) in [7, 11) is 0. The molecule has 2 aromatic rings. The topological polar surface area (TPSA) is 92.4 Å². The molecule has 0 radical (unpaired) electrons. The summed E-state index contributed by atoms with van der Waals surface area (Å²) < 4.78 is 5.73. The second-order valence-electron chi connectivity index (χ2n) is 7.73. The quantitative estimate of drug-likeness (QED) is 0.772. The molecule has 0 atom stereocenters. The van der Waals surface area contributed by atoms with Crippen molar-refractivity contribution in [3.05, 3.63) is 24.1 Å². The predicted molar refractivity (Wildman–Crippen MR) is 97.0 cm³/mol. The van der Waals surface area contributed by atoms with Crippen LogP contribution in [0.25, 0.3) is 11.1 Å². The lowest BCUT2D eigenvalue weighted by Gasteiger charge is -2.27. The van der Waals surface area contributed by atoms with Gasteiger partial charge in [-0.25, -0.2) is 4.98 Å². The fraction of sp³-hybridized carbons (Fsp3) is 0.550. The predicted octanol–water partition coefficient (Wildman–Crippen LogP) is 4.46. The highest BCUT2D eigenvalue weighted by Gasteiger charge is 2.40. The van der Waals surface area contributed by atoms with E-state index in [9.17, 15) is 14.7 Å². The normalized spacial score (nSPS) is 19.8. The van der Waals surface area contributed by atoms with Crippen LogP contribution < -0.4 is 5.32 Å². The number of nitrogens with zero attached hydrogens (tertiary/aromatic N) is 1. The molecule has 0 unspecified atom stereocenters. The van der Waals surface area contributed by atoms with Gasteiger partial charge in [-0.05, 0) is 43.9 Å². The Hall–Kier alpha value is -2.37. The average Bonchev–Trinajstić information content (AvgIpc) is 3.39. The molecule has 0 bridgehead atoms. The van der Waals surface area contributed by atoms with E-state index in [1.54, 1.807) is 12.1 Å². The van der Waals surface area contributed by atoms with Gasteiger partial charge in [-0.15, -0.1) is 0 Å². The van der Waals surface area contributed by atoms with Gasteiger partial charge >= 0.3 is 5.97 Å². The number of anilines is 1. The number of nitrogens with one attached hydrogen (secondary N) is 1. The van der Waals surface area contributed by atoms with E-state index < -0.39 is 11.4 Å². The fourth-order valence-electron chi connectivity index (χ4n) is 3.91. The van der Waals surface area contributed by atoms with Gasteiger partial charge < -0.3 is 14.8 Å². The summed E-state index contributed by atoms with van der Waals surface area (Å²) in [6.07, 6.45) is 7.23. The van der Waals surface area contributed by atoms with Gasteiger partial charge in [0.15, 0.2) is 11.5 Å². The van der Waals surface area contributed by atoms with Crippen molar-refractivity contribution in [3.63, 3.8) is 0 Å². The average molecular weight is 356 g/mol. The zero-order chi connectivity index (χ0) is 18.1. The van der Waals surface area contributed by atoms with Crippen LogP contribution in [0, 0.1) is 5.41 Å². The smallest absolute Gasteiger partial charge is 0.310 e. The first-order valence-corrected chi connectivity index (χ1v) is 9.49. The Kier molecular flexibility index (Phi) is 4.42. The third-order valence-corrected chi connectivity index (χ3v) is 5.63. The van der Waals surface area contributed by atoms with Crippen LogP contribution in [0.3, 0.4) is 0 Å². The standard InChI is InChI=1S/C20H24N2O4/c23-17(12-20(19(24)25)9-3-1-2-4-10-20)21-14-7-8-16-15(11-14)22-18(26-16)13-5-6-13/h7-8,11,13H,1-6,9-10,12H2,(H,21,23)(H,24,25). The molecule has 0 saturated heterocycles. The largest absolute Gasteiger partial charge is 0.481 e. The van der Waals surface area contributed by atoms with E-state index in [1.165, 1.54) is 0 Å². The fourth-order valence-corrected chi connectivity index (χ4v) is 3.91. The number of carboxylic acids is 1. The molecular weight excluding hydrogens is 332 g/mol. The van der Waals surface area contributed by atoms with Gasteiger partial charge in [0.2, 0.25) is 5.91 Å². The summed E-state index contributed by atoms with van der Waals surface area (Å²) in [6.45, 7) is 0. The molecule has 1 amide bonds. The molecule has 2 saturated carbocycles. The first-order chi connectivity index (χ1) is 12.6. The Morgan fingerprint density at radius 2 is 1.92 bits per heavy atom. The molecule has 0 spiro atoms. The highest BCUT2D eigenvalue weighted by atomic mass is 16.4. The summed E-state index contributed by atoms with van der Waals surface area (Å²) in [5.74, 6) is 0.105. The Balaban J connectivity index is 1.48. The van der Waals surface area contributed by atoms with Crippen LogP contribution in [0.4, 0.5) is 5.69 Å². The van der Waals surface area contributed by atoms with E-state index in [1.807, 2.05) is 6.07 Å². The van der Waals surface area contributed by atoms with E-state index in [2.05, 4.69) is 10.3 Å². The Morgan fingerprint density at radius 1 is 1.19 bits per heavy atom. The number of hydrogen-bond donors (Lipinski definition) is 2. The lowest BCUT2D eigenvalue weighted by Crippen LogP contribution is -2.35. The maximum absolute atomic E-state index is 12.5. The molecule has 26 heavy (non-hydrogen) atoms. The summed E-state index contributed by atoms with van der Waals surface area (Å²) >= 11 is 0. The van der Waals surface area contributed by atoms with Gasteiger partial charge in [0.25, 0.3) is 0 Å². The highest BCUT2D eigenvalue weighted by molar-refractivity contribution is 5.95. The van der Waals surface area contributed by atoms with Crippen LogP contribution in [0.5, 0.6) is 0 Å². The third kappa shape index (κ3) is 3.45. The van der Waals surface area contributed by atoms with Crippen molar-refractivity contribution in [2.24, 2.45) is 5.41 Å².